The van der Waals surface area contributed by atoms with Crippen LogP contribution < -0.4 is 5.73 Å². The topological polar surface area (TPSA) is 26.0 Å². The third-order valence-corrected chi connectivity index (χ3v) is 5.61. The molecular formula is C25H51N. The van der Waals surface area contributed by atoms with Crippen LogP contribution in [0.1, 0.15) is 148 Å². The van der Waals surface area contributed by atoms with Gasteiger partial charge in [-0.25, -0.2) is 0 Å². The van der Waals surface area contributed by atoms with Crippen molar-refractivity contribution >= 4 is 0 Å². The first-order valence-electron chi connectivity index (χ1n) is 12.3. The van der Waals surface area contributed by atoms with E-state index in [-0.39, 0.29) is 0 Å². The first-order valence-corrected chi connectivity index (χ1v) is 12.3. The number of hydrogen-bond donors (Lipinski definition) is 1. The quantitative estimate of drug-likeness (QED) is 0.190. The Morgan fingerprint density at radius 2 is 0.692 bits per heavy atom. The normalized spacial score (nSPS) is 11.6. The Morgan fingerprint density at radius 3 is 0.962 bits per heavy atom. The lowest BCUT2D eigenvalue weighted by Gasteiger charge is -2.04. The van der Waals surface area contributed by atoms with Crippen LogP contribution in [-0.2, 0) is 0 Å². The number of hydrogen-bond acceptors (Lipinski definition) is 1. The molecule has 0 radical (unpaired) electrons. The molecule has 0 heterocycles. The minimum absolute atomic E-state index is 1.16. The van der Waals surface area contributed by atoms with Crippen LogP contribution in [-0.4, -0.2) is 0 Å². The third kappa shape index (κ3) is 23.5. The molecule has 0 aromatic carbocycles. The van der Waals surface area contributed by atoms with Crippen LogP contribution in [0.5, 0.6) is 0 Å². The van der Waals surface area contributed by atoms with Gasteiger partial charge in [-0.1, -0.05) is 141 Å². The van der Waals surface area contributed by atoms with Gasteiger partial charge in [0.15, 0.2) is 0 Å². The van der Waals surface area contributed by atoms with Crippen LogP contribution in [0.2, 0.25) is 0 Å². The standard InChI is InChI=1S/C25H51N/c1-2-3-4-5-6-7-8-9-10-11-12-13-14-15-16-17-18-19-20-21-22-23-24-25-26/h24-25H,2-23,26H2,1H3. The predicted molar refractivity (Wildman–Crippen MR) is 121 cm³/mol. The number of unbranched alkanes of at least 4 members (excludes halogenated alkanes) is 21. The zero-order chi connectivity index (χ0) is 19.0. The van der Waals surface area contributed by atoms with E-state index in [4.69, 9.17) is 5.73 Å². The molecule has 1 nitrogen and oxygen atoms in total. The molecule has 0 saturated heterocycles. The van der Waals surface area contributed by atoms with E-state index in [1.165, 1.54) is 135 Å². The highest BCUT2D eigenvalue weighted by atomic mass is 14.5. The molecule has 26 heavy (non-hydrogen) atoms. The van der Waals surface area contributed by atoms with Crippen molar-refractivity contribution in [3.05, 3.63) is 12.3 Å². The maximum Gasteiger partial charge on any atom is -0.0103 e. The molecule has 0 saturated carbocycles. The molecule has 156 valence electrons. The van der Waals surface area contributed by atoms with Crippen LogP contribution in [0.25, 0.3) is 0 Å². The molecule has 0 unspecified atom stereocenters. The summed E-state index contributed by atoms with van der Waals surface area (Å²) < 4.78 is 0. The van der Waals surface area contributed by atoms with E-state index in [9.17, 15) is 0 Å². The molecule has 0 atom stereocenters. The van der Waals surface area contributed by atoms with E-state index in [0.717, 1.165) is 6.42 Å². The summed E-state index contributed by atoms with van der Waals surface area (Å²) >= 11 is 0. The van der Waals surface area contributed by atoms with Gasteiger partial charge in [-0.05, 0) is 19.0 Å². The SMILES string of the molecule is CCCCCCCCCCCCCCCCCCCCCCCC=CN. The maximum atomic E-state index is 5.34. The molecule has 0 aromatic heterocycles. The lowest BCUT2D eigenvalue weighted by molar-refractivity contribution is 0.520. The predicted octanol–water partition coefficient (Wildman–Crippen LogP) is 9.06. The van der Waals surface area contributed by atoms with Gasteiger partial charge >= 0.3 is 0 Å². The molecule has 0 aliphatic rings. The molecular weight excluding hydrogens is 314 g/mol. The van der Waals surface area contributed by atoms with Gasteiger partial charge in [0.25, 0.3) is 0 Å². The molecule has 1 heteroatoms. The summed E-state index contributed by atoms with van der Waals surface area (Å²) in [6.45, 7) is 2.30. The van der Waals surface area contributed by atoms with E-state index in [2.05, 4.69) is 13.0 Å². The lowest BCUT2D eigenvalue weighted by atomic mass is 10.0. The summed E-state index contributed by atoms with van der Waals surface area (Å²) in [5, 5.41) is 0. The van der Waals surface area contributed by atoms with Crippen molar-refractivity contribution in [2.45, 2.75) is 148 Å². The average Bonchev–Trinajstić information content (AvgIpc) is 2.66. The van der Waals surface area contributed by atoms with Gasteiger partial charge in [0.05, 0.1) is 0 Å². The van der Waals surface area contributed by atoms with Gasteiger partial charge in [-0.15, -0.1) is 0 Å². The fourth-order valence-corrected chi connectivity index (χ4v) is 3.79. The highest BCUT2D eigenvalue weighted by Gasteiger charge is 1.95. The van der Waals surface area contributed by atoms with Gasteiger partial charge in [0.2, 0.25) is 0 Å². The largest absolute Gasteiger partial charge is 0.405 e. The summed E-state index contributed by atoms with van der Waals surface area (Å²) in [6.07, 6.45) is 35.4. The second kappa shape index (κ2) is 24.5. The molecule has 0 fully saturated rings. The summed E-state index contributed by atoms with van der Waals surface area (Å²) in [4.78, 5) is 0. The van der Waals surface area contributed by atoms with Gasteiger partial charge in [-0.2, -0.15) is 0 Å². The van der Waals surface area contributed by atoms with Crippen molar-refractivity contribution in [3.63, 3.8) is 0 Å². The molecule has 0 spiro atoms. The smallest absolute Gasteiger partial charge is 0.0103 e. The van der Waals surface area contributed by atoms with E-state index in [1.807, 2.05) is 0 Å². The maximum absolute atomic E-state index is 5.34. The Kier molecular flexibility index (Phi) is 24.1. The Balaban J connectivity index is 2.97. The third-order valence-electron chi connectivity index (χ3n) is 5.61. The second-order valence-electron chi connectivity index (χ2n) is 8.29. The summed E-state index contributed by atoms with van der Waals surface area (Å²) in [5.74, 6) is 0. The van der Waals surface area contributed by atoms with Crippen LogP contribution in [0.3, 0.4) is 0 Å². The molecule has 0 rings (SSSR count). The summed E-state index contributed by atoms with van der Waals surface area (Å²) in [7, 11) is 0. The van der Waals surface area contributed by atoms with Crippen LogP contribution >= 0.6 is 0 Å². The van der Waals surface area contributed by atoms with E-state index in [1.54, 1.807) is 6.20 Å². The van der Waals surface area contributed by atoms with Crippen molar-refractivity contribution in [2.75, 3.05) is 0 Å². The second-order valence-corrected chi connectivity index (χ2v) is 8.29. The fourth-order valence-electron chi connectivity index (χ4n) is 3.79. The highest BCUT2D eigenvalue weighted by molar-refractivity contribution is 4.74. The number of allylic oxidation sites excluding steroid dienone is 1. The van der Waals surface area contributed by atoms with Gasteiger partial charge in [-0.3, -0.25) is 0 Å². The van der Waals surface area contributed by atoms with E-state index >= 15 is 0 Å². The number of rotatable bonds is 22. The molecule has 0 aromatic rings. The van der Waals surface area contributed by atoms with Gasteiger partial charge in [0.1, 0.15) is 0 Å². The summed E-state index contributed by atoms with van der Waals surface area (Å²) in [5.41, 5.74) is 5.34. The molecule has 2 N–H and O–H groups in total. The number of nitrogens with two attached hydrogens (primary N) is 1. The van der Waals surface area contributed by atoms with Crippen LogP contribution in [0, 0.1) is 0 Å². The lowest BCUT2D eigenvalue weighted by Crippen LogP contribution is -1.84. The van der Waals surface area contributed by atoms with E-state index < -0.39 is 0 Å². The Bertz CT molecular complexity index is 259. The molecule has 0 bridgehead atoms. The van der Waals surface area contributed by atoms with Crippen LogP contribution in [0.15, 0.2) is 12.3 Å². The zero-order valence-electron chi connectivity index (χ0n) is 18.3. The molecule has 0 aliphatic carbocycles. The van der Waals surface area contributed by atoms with Crippen molar-refractivity contribution < 1.29 is 0 Å². The first-order chi connectivity index (χ1) is 12.9. The first kappa shape index (κ1) is 25.5. The Labute approximate surface area is 166 Å². The van der Waals surface area contributed by atoms with E-state index in [0.29, 0.717) is 0 Å². The summed E-state index contributed by atoms with van der Waals surface area (Å²) in [6, 6.07) is 0. The van der Waals surface area contributed by atoms with Crippen LogP contribution in [0.4, 0.5) is 0 Å². The molecule has 0 amide bonds. The van der Waals surface area contributed by atoms with Crippen molar-refractivity contribution in [1.82, 2.24) is 0 Å². The minimum Gasteiger partial charge on any atom is -0.405 e. The molecule has 0 aliphatic heterocycles. The zero-order valence-corrected chi connectivity index (χ0v) is 18.3. The Hall–Kier alpha value is -0.460. The monoisotopic (exact) mass is 365 g/mol. The fraction of sp³-hybridized carbons (Fsp3) is 0.920. The highest BCUT2D eigenvalue weighted by Crippen LogP contribution is 2.15. The van der Waals surface area contributed by atoms with Gasteiger partial charge < -0.3 is 5.73 Å². The van der Waals surface area contributed by atoms with Crippen molar-refractivity contribution in [2.24, 2.45) is 5.73 Å². The minimum atomic E-state index is 1.16. The average molecular weight is 366 g/mol. The van der Waals surface area contributed by atoms with Gasteiger partial charge in [0, 0.05) is 0 Å². The van der Waals surface area contributed by atoms with Crippen molar-refractivity contribution in [3.8, 4) is 0 Å². The Morgan fingerprint density at radius 1 is 0.423 bits per heavy atom. The van der Waals surface area contributed by atoms with Crippen molar-refractivity contribution in [1.29, 1.82) is 0 Å².